The Kier molecular flexibility index (Phi) is 4.75. The van der Waals surface area contributed by atoms with Gasteiger partial charge in [0.25, 0.3) is 5.91 Å². The highest BCUT2D eigenvalue weighted by molar-refractivity contribution is 7.14. The van der Waals surface area contributed by atoms with Crippen LogP contribution < -0.4 is 14.8 Å². The highest BCUT2D eigenvalue weighted by Gasteiger charge is 2.17. The van der Waals surface area contributed by atoms with Crippen LogP contribution in [0, 0.1) is 0 Å². The molecule has 0 spiro atoms. The molecule has 4 aromatic rings. The first-order valence-corrected chi connectivity index (χ1v) is 9.52. The van der Waals surface area contributed by atoms with Crippen molar-refractivity contribution in [3.63, 3.8) is 0 Å². The largest absolute Gasteiger partial charge is 0.497 e. The first-order chi connectivity index (χ1) is 13.6. The average Bonchev–Trinajstić information content (AvgIpc) is 3.32. The number of anilines is 1. The predicted molar refractivity (Wildman–Crippen MR) is 112 cm³/mol. The lowest BCUT2D eigenvalue weighted by Crippen LogP contribution is -2.15. The monoisotopic (exact) mass is 393 g/mol. The molecule has 142 valence electrons. The van der Waals surface area contributed by atoms with Gasteiger partial charge in [-0.1, -0.05) is 18.2 Å². The summed E-state index contributed by atoms with van der Waals surface area (Å²) in [5, 5.41) is 6.24. The molecule has 0 radical (unpaired) electrons. The van der Waals surface area contributed by atoms with E-state index in [-0.39, 0.29) is 5.91 Å². The second-order valence-corrected chi connectivity index (χ2v) is 7.06. The summed E-state index contributed by atoms with van der Waals surface area (Å²) in [6.07, 6.45) is 0. The highest BCUT2D eigenvalue weighted by Crippen LogP contribution is 2.30. The maximum Gasteiger partial charge on any atom is 0.274 e. The lowest BCUT2D eigenvalue weighted by atomic mass is 10.2. The Labute approximate surface area is 166 Å². The van der Waals surface area contributed by atoms with Crippen LogP contribution in [-0.4, -0.2) is 29.7 Å². The summed E-state index contributed by atoms with van der Waals surface area (Å²) in [6, 6.07) is 15.2. The number of rotatable bonds is 5. The second-order valence-electron chi connectivity index (χ2n) is 6.21. The van der Waals surface area contributed by atoms with Gasteiger partial charge in [-0.2, -0.15) is 0 Å². The third kappa shape index (κ3) is 3.20. The van der Waals surface area contributed by atoms with Crippen molar-refractivity contribution in [1.82, 2.24) is 9.55 Å². The molecule has 0 saturated heterocycles. The van der Waals surface area contributed by atoms with Gasteiger partial charge in [0.05, 0.1) is 25.4 Å². The maximum absolute atomic E-state index is 12.8. The first kappa shape index (κ1) is 18.1. The molecule has 0 saturated carbocycles. The summed E-state index contributed by atoms with van der Waals surface area (Å²) in [4.78, 5) is 17.4. The van der Waals surface area contributed by atoms with Crippen molar-refractivity contribution >= 4 is 33.3 Å². The minimum atomic E-state index is -0.215. The van der Waals surface area contributed by atoms with Crippen molar-refractivity contribution in [2.75, 3.05) is 19.5 Å². The number of hydrogen-bond donors (Lipinski definition) is 1. The van der Waals surface area contributed by atoms with E-state index < -0.39 is 0 Å². The summed E-state index contributed by atoms with van der Waals surface area (Å²) in [6.45, 7) is 0. The smallest absolute Gasteiger partial charge is 0.274 e. The molecule has 1 N–H and O–H groups in total. The molecule has 0 aliphatic rings. The van der Waals surface area contributed by atoms with Crippen molar-refractivity contribution in [3.8, 4) is 22.8 Å². The Morgan fingerprint density at radius 3 is 2.71 bits per heavy atom. The molecule has 0 bridgehead atoms. The Balaban J connectivity index is 1.60. The van der Waals surface area contributed by atoms with Gasteiger partial charge in [-0.15, -0.1) is 11.3 Å². The molecule has 1 amide bonds. The van der Waals surface area contributed by atoms with Crippen molar-refractivity contribution in [2.45, 2.75) is 0 Å². The number of nitrogens with one attached hydrogen (secondary N) is 1. The van der Waals surface area contributed by atoms with Gasteiger partial charge in [0.2, 0.25) is 0 Å². The van der Waals surface area contributed by atoms with Gasteiger partial charge in [-0.25, -0.2) is 4.98 Å². The Morgan fingerprint density at radius 1 is 1.11 bits per heavy atom. The van der Waals surface area contributed by atoms with Gasteiger partial charge in [0, 0.05) is 23.4 Å². The fraction of sp³-hybridized carbons (Fsp3) is 0.143. The molecular weight excluding hydrogens is 374 g/mol. The normalized spacial score (nSPS) is 10.8. The molecule has 0 fully saturated rings. The molecule has 0 aliphatic heterocycles. The topological polar surface area (TPSA) is 65.4 Å². The minimum Gasteiger partial charge on any atom is -0.497 e. The van der Waals surface area contributed by atoms with Crippen molar-refractivity contribution in [2.24, 2.45) is 7.05 Å². The predicted octanol–water partition coefficient (Wildman–Crippen LogP) is 4.57. The summed E-state index contributed by atoms with van der Waals surface area (Å²) >= 11 is 1.38. The Bertz CT molecular complexity index is 1160. The fourth-order valence-electron chi connectivity index (χ4n) is 3.14. The number of thiazole rings is 1. The quantitative estimate of drug-likeness (QED) is 0.539. The van der Waals surface area contributed by atoms with E-state index in [1.807, 2.05) is 65.5 Å². The van der Waals surface area contributed by atoms with E-state index in [4.69, 9.17) is 9.47 Å². The Hall–Kier alpha value is -3.32. The lowest BCUT2D eigenvalue weighted by molar-refractivity contribution is 0.101. The van der Waals surface area contributed by atoms with Crippen LogP contribution in [0.1, 0.15) is 10.5 Å². The van der Waals surface area contributed by atoms with E-state index in [0.29, 0.717) is 10.8 Å². The number of carbonyl (C=O) groups is 1. The van der Waals surface area contributed by atoms with E-state index in [1.54, 1.807) is 14.2 Å². The number of benzene rings is 2. The molecule has 28 heavy (non-hydrogen) atoms. The van der Waals surface area contributed by atoms with Gasteiger partial charge in [-0.05, 0) is 30.3 Å². The standard InChI is InChI=1S/C21H19N3O3S/c1-24-17-8-5-9-19(27-3)15(17)11-18(24)20(25)23-21-22-16(12-28-21)13-6-4-7-14(10-13)26-2/h4-12H,1-3H3,(H,22,23,25). The van der Waals surface area contributed by atoms with Crippen LogP contribution in [0.15, 0.2) is 53.9 Å². The van der Waals surface area contributed by atoms with E-state index >= 15 is 0 Å². The lowest BCUT2D eigenvalue weighted by Gasteiger charge is -2.04. The number of ether oxygens (including phenoxy) is 2. The summed E-state index contributed by atoms with van der Waals surface area (Å²) in [5.74, 6) is 1.29. The first-order valence-electron chi connectivity index (χ1n) is 8.64. The zero-order valence-corrected chi connectivity index (χ0v) is 16.5. The molecule has 2 aromatic carbocycles. The van der Waals surface area contributed by atoms with Gasteiger partial charge in [-0.3, -0.25) is 10.1 Å². The molecule has 0 aliphatic carbocycles. The van der Waals surface area contributed by atoms with Crippen molar-refractivity contribution in [1.29, 1.82) is 0 Å². The molecule has 6 nitrogen and oxygen atoms in total. The number of methoxy groups -OCH3 is 2. The van der Waals surface area contributed by atoms with E-state index in [2.05, 4.69) is 10.3 Å². The third-order valence-electron chi connectivity index (χ3n) is 4.59. The van der Waals surface area contributed by atoms with Gasteiger partial charge in [0.15, 0.2) is 5.13 Å². The van der Waals surface area contributed by atoms with Gasteiger partial charge < -0.3 is 14.0 Å². The van der Waals surface area contributed by atoms with Crippen LogP contribution in [0.5, 0.6) is 11.5 Å². The molecular formula is C21H19N3O3S. The van der Waals surface area contributed by atoms with Crippen molar-refractivity contribution in [3.05, 3.63) is 59.6 Å². The zero-order chi connectivity index (χ0) is 19.7. The average molecular weight is 393 g/mol. The molecule has 2 heterocycles. The number of nitrogens with zero attached hydrogens (tertiary/aromatic N) is 2. The molecule has 7 heteroatoms. The van der Waals surface area contributed by atoms with Crippen LogP contribution in [-0.2, 0) is 7.05 Å². The maximum atomic E-state index is 12.8. The summed E-state index contributed by atoms with van der Waals surface area (Å²) < 4.78 is 12.5. The zero-order valence-electron chi connectivity index (χ0n) is 15.7. The van der Waals surface area contributed by atoms with E-state index in [0.717, 1.165) is 33.7 Å². The fourth-order valence-corrected chi connectivity index (χ4v) is 3.85. The van der Waals surface area contributed by atoms with Crippen LogP contribution in [0.25, 0.3) is 22.2 Å². The minimum absolute atomic E-state index is 0.215. The van der Waals surface area contributed by atoms with Crippen molar-refractivity contribution < 1.29 is 14.3 Å². The number of amides is 1. The molecule has 0 unspecified atom stereocenters. The van der Waals surface area contributed by atoms with Gasteiger partial charge >= 0.3 is 0 Å². The van der Waals surface area contributed by atoms with E-state index in [9.17, 15) is 4.79 Å². The number of fused-ring (bicyclic) bond motifs is 1. The van der Waals surface area contributed by atoms with Gasteiger partial charge in [0.1, 0.15) is 17.2 Å². The molecule has 4 rings (SSSR count). The number of aryl methyl sites for hydroxylation is 1. The van der Waals surface area contributed by atoms with Crippen LogP contribution in [0.3, 0.4) is 0 Å². The number of aromatic nitrogens is 2. The number of carbonyl (C=O) groups excluding carboxylic acids is 1. The summed E-state index contributed by atoms with van der Waals surface area (Å²) in [7, 11) is 5.11. The molecule has 0 atom stereocenters. The second kappa shape index (κ2) is 7.36. The number of hydrogen-bond acceptors (Lipinski definition) is 5. The van der Waals surface area contributed by atoms with E-state index in [1.165, 1.54) is 11.3 Å². The van der Waals surface area contributed by atoms with Crippen LogP contribution >= 0.6 is 11.3 Å². The highest BCUT2D eigenvalue weighted by atomic mass is 32.1. The Morgan fingerprint density at radius 2 is 1.93 bits per heavy atom. The molecule has 2 aromatic heterocycles. The van der Waals surface area contributed by atoms with Crippen LogP contribution in [0.2, 0.25) is 0 Å². The SMILES string of the molecule is COc1cccc(-c2csc(NC(=O)c3cc4c(OC)cccc4n3C)n2)c1. The third-order valence-corrected chi connectivity index (χ3v) is 5.35. The summed E-state index contributed by atoms with van der Waals surface area (Å²) in [5.41, 5.74) is 3.20. The van der Waals surface area contributed by atoms with Crippen LogP contribution in [0.4, 0.5) is 5.13 Å².